The number of hydrogen-bond donors (Lipinski definition) is 1. The molecule has 1 aromatic carbocycles. The highest BCUT2D eigenvalue weighted by molar-refractivity contribution is 9.10. The summed E-state index contributed by atoms with van der Waals surface area (Å²) >= 11 is 9.39. The number of methoxy groups -OCH3 is 1. The quantitative estimate of drug-likeness (QED) is 0.844. The molecule has 0 bridgehead atoms. The Morgan fingerprint density at radius 1 is 1.38 bits per heavy atom. The minimum absolute atomic E-state index is 0.0336. The van der Waals surface area contributed by atoms with Gasteiger partial charge in [0.15, 0.2) is 0 Å². The van der Waals surface area contributed by atoms with Crippen LogP contribution in [0.15, 0.2) is 41.0 Å². The van der Waals surface area contributed by atoms with Crippen LogP contribution in [0.3, 0.4) is 0 Å². The maximum Gasteiger partial charge on any atom is 0.143 e. The number of pyridine rings is 1. The molecule has 0 radical (unpaired) electrons. The number of para-hydroxylation sites is 1. The number of halogens is 2. The molecule has 1 N–H and O–H groups in total. The van der Waals surface area contributed by atoms with Gasteiger partial charge in [0.2, 0.25) is 0 Å². The van der Waals surface area contributed by atoms with Crippen LogP contribution < -0.4 is 9.64 Å². The van der Waals surface area contributed by atoms with Crippen molar-refractivity contribution >= 4 is 33.3 Å². The fourth-order valence-corrected chi connectivity index (χ4v) is 2.95. The Morgan fingerprint density at radius 3 is 2.81 bits per heavy atom. The van der Waals surface area contributed by atoms with Crippen LogP contribution in [-0.4, -0.2) is 30.4 Å². The summed E-state index contributed by atoms with van der Waals surface area (Å²) in [6.07, 6.45) is 1.59. The fourth-order valence-electron chi connectivity index (χ4n) is 2.06. The summed E-state index contributed by atoms with van der Waals surface area (Å²) in [6.45, 7) is 1.08. The van der Waals surface area contributed by atoms with E-state index in [1.807, 2.05) is 29.2 Å². The molecule has 0 aliphatic rings. The molecule has 21 heavy (non-hydrogen) atoms. The average molecular weight is 372 g/mol. The van der Waals surface area contributed by atoms with Gasteiger partial charge in [-0.2, -0.15) is 0 Å². The summed E-state index contributed by atoms with van der Waals surface area (Å²) in [7, 11) is 1.64. The number of benzene rings is 1. The first kappa shape index (κ1) is 16.1. The summed E-state index contributed by atoms with van der Waals surface area (Å²) in [6, 6.07) is 9.58. The lowest BCUT2D eigenvalue weighted by molar-refractivity contribution is 0.300. The zero-order valence-corrected chi connectivity index (χ0v) is 13.9. The van der Waals surface area contributed by atoms with Gasteiger partial charge in [-0.25, -0.2) is 4.98 Å². The molecule has 2 aromatic rings. The van der Waals surface area contributed by atoms with Crippen LogP contribution in [0.5, 0.6) is 5.75 Å². The second kappa shape index (κ2) is 7.64. The lowest BCUT2D eigenvalue weighted by Gasteiger charge is -2.24. The molecule has 1 heterocycles. The SMILES string of the molecule is COc1ccccc1CN(CCO)c1ncc(Cl)cc1Br. The summed E-state index contributed by atoms with van der Waals surface area (Å²) in [4.78, 5) is 6.31. The number of aromatic nitrogens is 1. The van der Waals surface area contributed by atoms with Gasteiger partial charge in [0, 0.05) is 24.8 Å². The van der Waals surface area contributed by atoms with Crippen LogP contribution in [0.25, 0.3) is 0 Å². The second-order valence-corrected chi connectivity index (χ2v) is 5.71. The lowest BCUT2D eigenvalue weighted by Crippen LogP contribution is -2.27. The van der Waals surface area contributed by atoms with E-state index in [0.717, 1.165) is 21.6 Å². The summed E-state index contributed by atoms with van der Waals surface area (Å²) in [5, 5.41) is 9.87. The molecule has 0 saturated heterocycles. The standard InChI is InChI=1S/C15H16BrClN2O2/c1-21-14-5-3-2-4-11(14)10-19(6-7-20)15-13(16)8-12(17)9-18-15/h2-5,8-9,20H,6-7,10H2,1H3. The zero-order chi connectivity index (χ0) is 15.2. The monoisotopic (exact) mass is 370 g/mol. The van der Waals surface area contributed by atoms with Gasteiger partial charge in [0.1, 0.15) is 11.6 Å². The Balaban J connectivity index is 2.30. The summed E-state index contributed by atoms with van der Waals surface area (Å²) in [5.41, 5.74) is 1.03. The van der Waals surface area contributed by atoms with Gasteiger partial charge in [-0.3, -0.25) is 0 Å². The van der Waals surface area contributed by atoms with E-state index in [0.29, 0.717) is 18.1 Å². The van der Waals surface area contributed by atoms with E-state index < -0.39 is 0 Å². The number of hydrogen-bond acceptors (Lipinski definition) is 4. The number of anilines is 1. The normalized spacial score (nSPS) is 10.5. The third-order valence-electron chi connectivity index (χ3n) is 3.01. The minimum atomic E-state index is 0.0336. The third kappa shape index (κ3) is 4.09. The van der Waals surface area contributed by atoms with Crippen LogP contribution in [0.2, 0.25) is 5.02 Å². The molecule has 0 fully saturated rings. The molecule has 1 aromatic heterocycles. The van der Waals surface area contributed by atoms with Crippen LogP contribution in [0, 0.1) is 0 Å². The summed E-state index contributed by atoms with van der Waals surface area (Å²) in [5.74, 6) is 1.55. The first-order valence-electron chi connectivity index (χ1n) is 6.44. The molecular formula is C15H16BrClN2O2. The Morgan fingerprint density at radius 2 is 2.14 bits per heavy atom. The fraction of sp³-hybridized carbons (Fsp3) is 0.267. The number of nitrogens with zero attached hydrogens (tertiary/aromatic N) is 2. The maximum atomic E-state index is 9.31. The van der Waals surface area contributed by atoms with E-state index in [-0.39, 0.29) is 6.61 Å². The molecule has 4 nitrogen and oxygen atoms in total. The van der Waals surface area contributed by atoms with Gasteiger partial charge in [-0.05, 0) is 28.1 Å². The van der Waals surface area contributed by atoms with Crippen molar-refractivity contribution in [2.24, 2.45) is 0 Å². The van der Waals surface area contributed by atoms with E-state index in [9.17, 15) is 5.11 Å². The van der Waals surface area contributed by atoms with E-state index in [1.54, 1.807) is 19.4 Å². The highest BCUT2D eigenvalue weighted by Gasteiger charge is 2.14. The van der Waals surface area contributed by atoms with Crippen LogP contribution in [0.4, 0.5) is 5.82 Å². The van der Waals surface area contributed by atoms with Crippen molar-refractivity contribution in [3.05, 3.63) is 51.6 Å². The van der Waals surface area contributed by atoms with Gasteiger partial charge in [0.25, 0.3) is 0 Å². The second-order valence-electron chi connectivity index (χ2n) is 4.42. The van der Waals surface area contributed by atoms with Crippen molar-refractivity contribution in [2.45, 2.75) is 6.54 Å². The van der Waals surface area contributed by atoms with E-state index in [2.05, 4.69) is 20.9 Å². The van der Waals surface area contributed by atoms with Crippen molar-refractivity contribution in [1.29, 1.82) is 0 Å². The maximum absolute atomic E-state index is 9.31. The number of rotatable bonds is 6. The molecule has 0 aliphatic carbocycles. The Hall–Kier alpha value is -1.30. The highest BCUT2D eigenvalue weighted by atomic mass is 79.9. The van der Waals surface area contributed by atoms with Crippen molar-refractivity contribution in [1.82, 2.24) is 4.98 Å². The topological polar surface area (TPSA) is 45.6 Å². The van der Waals surface area contributed by atoms with Crippen LogP contribution in [0.1, 0.15) is 5.56 Å². The van der Waals surface area contributed by atoms with E-state index in [4.69, 9.17) is 16.3 Å². The number of aliphatic hydroxyl groups is 1. The predicted octanol–water partition coefficient (Wildman–Crippen LogP) is 3.51. The first-order valence-corrected chi connectivity index (χ1v) is 7.61. The minimum Gasteiger partial charge on any atom is -0.496 e. The van der Waals surface area contributed by atoms with Crippen molar-refractivity contribution < 1.29 is 9.84 Å². The van der Waals surface area contributed by atoms with Gasteiger partial charge in [-0.15, -0.1) is 0 Å². The number of ether oxygens (including phenoxy) is 1. The highest BCUT2D eigenvalue weighted by Crippen LogP contribution is 2.29. The molecule has 0 amide bonds. The Bertz CT molecular complexity index is 610. The van der Waals surface area contributed by atoms with Gasteiger partial charge >= 0.3 is 0 Å². The summed E-state index contributed by atoms with van der Waals surface area (Å²) < 4.78 is 6.16. The van der Waals surface area contributed by atoms with E-state index in [1.165, 1.54) is 0 Å². The molecule has 0 atom stereocenters. The largest absolute Gasteiger partial charge is 0.496 e. The Kier molecular flexibility index (Phi) is 5.85. The average Bonchev–Trinajstić information content (AvgIpc) is 2.47. The smallest absolute Gasteiger partial charge is 0.143 e. The van der Waals surface area contributed by atoms with Crippen molar-refractivity contribution in [3.63, 3.8) is 0 Å². The zero-order valence-electron chi connectivity index (χ0n) is 11.6. The third-order valence-corrected chi connectivity index (χ3v) is 3.80. The molecule has 0 aliphatic heterocycles. The van der Waals surface area contributed by atoms with E-state index >= 15 is 0 Å². The van der Waals surface area contributed by atoms with Crippen LogP contribution >= 0.6 is 27.5 Å². The predicted molar refractivity (Wildman–Crippen MR) is 88.1 cm³/mol. The van der Waals surface area contributed by atoms with Crippen LogP contribution in [-0.2, 0) is 6.54 Å². The molecule has 0 spiro atoms. The van der Waals surface area contributed by atoms with Gasteiger partial charge in [-0.1, -0.05) is 29.8 Å². The first-order chi connectivity index (χ1) is 10.2. The van der Waals surface area contributed by atoms with Gasteiger partial charge < -0.3 is 14.7 Å². The molecule has 0 saturated carbocycles. The molecule has 0 unspecified atom stereocenters. The Labute approximate surface area is 137 Å². The number of aliphatic hydroxyl groups excluding tert-OH is 1. The lowest BCUT2D eigenvalue weighted by atomic mass is 10.2. The molecule has 6 heteroatoms. The van der Waals surface area contributed by atoms with Crippen molar-refractivity contribution in [2.75, 3.05) is 25.2 Å². The van der Waals surface area contributed by atoms with Gasteiger partial charge in [0.05, 0.1) is 23.2 Å². The molecular weight excluding hydrogens is 356 g/mol. The molecule has 2 rings (SSSR count). The van der Waals surface area contributed by atoms with Crippen molar-refractivity contribution in [3.8, 4) is 5.75 Å². The molecule has 112 valence electrons.